The van der Waals surface area contributed by atoms with E-state index < -0.39 is 0 Å². The molecule has 1 aromatic rings. The smallest absolute Gasteiger partial charge is 0.410 e. The number of hydrogen-bond acceptors (Lipinski definition) is 4. The van der Waals surface area contributed by atoms with Crippen molar-refractivity contribution >= 4 is 12.0 Å². The van der Waals surface area contributed by atoms with E-state index in [0.717, 1.165) is 18.7 Å². The first-order valence-corrected chi connectivity index (χ1v) is 8.74. The Bertz CT molecular complexity index is 605. The van der Waals surface area contributed by atoms with Gasteiger partial charge in [-0.3, -0.25) is 4.79 Å². The van der Waals surface area contributed by atoms with Gasteiger partial charge in [-0.1, -0.05) is 13.8 Å². The zero-order valence-corrected chi connectivity index (χ0v) is 14.6. The fourth-order valence-corrected chi connectivity index (χ4v) is 3.62. The van der Waals surface area contributed by atoms with Crippen molar-refractivity contribution in [2.24, 2.45) is 0 Å². The molecule has 7 nitrogen and oxygen atoms in total. The summed E-state index contributed by atoms with van der Waals surface area (Å²) in [5, 5.41) is 0. The lowest BCUT2D eigenvalue weighted by atomic mass is 10.0. The first kappa shape index (κ1) is 16.8. The summed E-state index contributed by atoms with van der Waals surface area (Å²) in [6.07, 6.45) is 5.05. The molecular formula is C17H26N4O3. The maximum Gasteiger partial charge on any atom is 0.410 e. The van der Waals surface area contributed by atoms with Crippen molar-refractivity contribution in [1.29, 1.82) is 0 Å². The average Bonchev–Trinajstić information content (AvgIpc) is 3.22. The van der Waals surface area contributed by atoms with E-state index in [-0.39, 0.29) is 30.0 Å². The third-order valence-corrected chi connectivity index (χ3v) is 5.00. The Kier molecular flexibility index (Phi) is 4.78. The monoisotopic (exact) mass is 334 g/mol. The number of hydrogen-bond donors (Lipinski definition) is 0. The van der Waals surface area contributed by atoms with Crippen LogP contribution in [0, 0.1) is 0 Å². The number of amides is 2. The molecule has 0 N–H and O–H groups in total. The van der Waals surface area contributed by atoms with Crippen LogP contribution in [0.15, 0.2) is 12.4 Å². The van der Waals surface area contributed by atoms with Gasteiger partial charge in [-0.25, -0.2) is 9.78 Å². The van der Waals surface area contributed by atoms with Gasteiger partial charge in [0.25, 0.3) is 0 Å². The second kappa shape index (κ2) is 6.83. The van der Waals surface area contributed by atoms with E-state index in [4.69, 9.17) is 4.74 Å². The zero-order chi connectivity index (χ0) is 17.3. The predicted molar refractivity (Wildman–Crippen MR) is 88.7 cm³/mol. The Labute approximate surface area is 142 Å². The van der Waals surface area contributed by atoms with Gasteiger partial charge in [-0.05, 0) is 19.8 Å². The lowest BCUT2D eigenvalue weighted by Crippen LogP contribution is -2.48. The highest BCUT2D eigenvalue weighted by Gasteiger charge is 2.34. The number of nitrogens with zero attached hydrogens (tertiary/aromatic N) is 4. The third kappa shape index (κ3) is 3.12. The van der Waals surface area contributed by atoms with Crippen molar-refractivity contribution in [3.8, 4) is 0 Å². The number of rotatable bonds is 4. The van der Waals surface area contributed by atoms with Crippen LogP contribution in [0.2, 0.25) is 0 Å². The quantitative estimate of drug-likeness (QED) is 0.845. The van der Waals surface area contributed by atoms with Crippen LogP contribution in [0.25, 0.3) is 0 Å². The van der Waals surface area contributed by atoms with Crippen LogP contribution in [-0.2, 0) is 9.53 Å². The van der Waals surface area contributed by atoms with Crippen LogP contribution in [0.1, 0.15) is 51.4 Å². The average molecular weight is 334 g/mol. The molecule has 2 fully saturated rings. The molecule has 0 spiro atoms. The summed E-state index contributed by atoms with van der Waals surface area (Å²) in [5.74, 6) is 1.34. The van der Waals surface area contributed by atoms with E-state index in [0.29, 0.717) is 26.2 Å². The molecule has 0 bridgehead atoms. The topological polar surface area (TPSA) is 67.7 Å². The van der Waals surface area contributed by atoms with Crippen molar-refractivity contribution in [3.63, 3.8) is 0 Å². The summed E-state index contributed by atoms with van der Waals surface area (Å²) >= 11 is 0. The molecule has 132 valence electrons. The molecule has 1 unspecified atom stereocenters. The van der Waals surface area contributed by atoms with E-state index in [2.05, 4.69) is 18.8 Å². The fraction of sp³-hybridized carbons (Fsp3) is 0.706. The van der Waals surface area contributed by atoms with E-state index in [1.807, 2.05) is 22.6 Å². The molecule has 0 saturated carbocycles. The molecular weight excluding hydrogens is 308 g/mol. The minimum Gasteiger partial charge on any atom is -0.448 e. The van der Waals surface area contributed by atoms with Crippen molar-refractivity contribution in [2.75, 3.05) is 26.2 Å². The minimum absolute atomic E-state index is 0.123. The normalized spacial score (nSPS) is 20.6. The first-order chi connectivity index (χ1) is 11.5. The van der Waals surface area contributed by atoms with Crippen LogP contribution in [0.4, 0.5) is 4.79 Å². The second-order valence-corrected chi connectivity index (χ2v) is 6.89. The molecule has 3 rings (SSSR count). The Morgan fingerprint density at radius 3 is 2.54 bits per heavy atom. The Morgan fingerprint density at radius 2 is 1.96 bits per heavy atom. The van der Waals surface area contributed by atoms with Gasteiger partial charge in [0.05, 0.1) is 6.54 Å². The van der Waals surface area contributed by atoms with E-state index >= 15 is 0 Å². The van der Waals surface area contributed by atoms with Gasteiger partial charge < -0.3 is 19.1 Å². The van der Waals surface area contributed by atoms with Gasteiger partial charge >= 0.3 is 6.09 Å². The number of carbonyl (C=O) groups is 2. The van der Waals surface area contributed by atoms with E-state index in [9.17, 15) is 9.59 Å². The first-order valence-electron chi connectivity index (χ1n) is 8.74. The molecule has 2 amide bonds. The summed E-state index contributed by atoms with van der Waals surface area (Å²) in [7, 11) is 0. The zero-order valence-electron chi connectivity index (χ0n) is 14.6. The molecule has 7 heteroatoms. The highest BCUT2D eigenvalue weighted by Crippen LogP contribution is 2.23. The lowest BCUT2D eigenvalue weighted by molar-refractivity contribution is -0.135. The van der Waals surface area contributed by atoms with Crippen molar-refractivity contribution in [2.45, 2.75) is 51.6 Å². The maximum atomic E-state index is 12.8. The molecule has 3 heterocycles. The van der Waals surface area contributed by atoms with Crippen LogP contribution in [0.5, 0.6) is 0 Å². The van der Waals surface area contributed by atoms with Crippen molar-refractivity contribution in [3.05, 3.63) is 18.2 Å². The molecule has 0 aliphatic carbocycles. The largest absolute Gasteiger partial charge is 0.448 e. The summed E-state index contributed by atoms with van der Waals surface area (Å²) in [6.45, 7) is 8.61. The molecule has 0 radical (unpaired) electrons. The number of cyclic esters (lactones) is 1. The fourth-order valence-electron chi connectivity index (χ4n) is 3.62. The highest BCUT2D eigenvalue weighted by atomic mass is 16.6. The molecule has 2 saturated heterocycles. The van der Waals surface area contributed by atoms with Gasteiger partial charge in [0, 0.05) is 37.4 Å². The molecule has 1 aromatic heterocycles. The number of piperidine rings is 1. The third-order valence-electron chi connectivity index (χ3n) is 5.00. The van der Waals surface area contributed by atoms with Crippen molar-refractivity contribution in [1.82, 2.24) is 19.4 Å². The lowest BCUT2D eigenvalue weighted by Gasteiger charge is -2.36. The van der Waals surface area contributed by atoms with Gasteiger partial charge in [-0.15, -0.1) is 0 Å². The highest BCUT2D eigenvalue weighted by molar-refractivity contribution is 5.80. The predicted octanol–water partition coefficient (Wildman–Crippen LogP) is 2.01. The number of imidazole rings is 1. The van der Waals surface area contributed by atoms with Gasteiger partial charge in [0.15, 0.2) is 0 Å². The van der Waals surface area contributed by atoms with E-state index in [1.54, 1.807) is 11.1 Å². The number of ether oxygens (including phenoxy) is 1. The van der Waals surface area contributed by atoms with E-state index in [1.165, 1.54) is 0 Å². The SMILES string of the molecule is CC(C)c1nccn1C(C)C(=O)N1CCC(N2CCOC2=O)CC1. The number of likely N-dealkylation sites (tertiary alicyclic amines) is 1. The molecule has 2 aliphatic heterocycles. The van der Waals surface area contributed by atoms with Gasteiger partial charge in [-0.2, -0.15) is 0 Å². The molecule has 1 atom stereocenters. The van der Waals surface area contributed by atoms with Gasteiger partial charge in [0.2, 0.25) is 5.91 Å². The summed E-state index contributed by atoms with van der Waals surface area (Å²) < 4.78 is 6.98. The van der Waals surface area contributed by atoms with Crippen LogP contribution in [0.3, 0.4) is 0 Å². The van der Waals surface area contributed by atoms with Crippen LogP contribution >= 0.6 is 0 Å². The summed E-state index contributed by atoms with van der Waals surface area (Å²) in [4.78, 5) is 32.6. The van der Waals surface area contributed by atoms with Gasteiger partial charge in [0.1, 0.15) is 18.5 Å². The Morgan fingerprint density at radius 1 is 1.25 bits per heavy atom. The number of carbonyl (C=O) groups excluding carboxylic acids is 2. The Hall–Kier alpha value is -2.05. The Balaban J connectivity index is 1.60. The minimum atomic E-state index is -0.252. The van der Waals surface area contributed by atoms with Crippen molar-refractivity contribution < 1.29 is 14.3 Å². The van der Waals surface area contributed by atoms with Crippen LogP contribution < -0.4 is 0 Å². The molecule has 2 aliphatic rings. The second-order valence-electron chi connectivity index (χ2n) is 6.89. The van der Waals surface area contributed by atoms with Crippen LogP contribution in [-0.4, -0.2) is 63.6 Å². The number of aromatic nitrogens is 2. The molecule has 24 heavy (non-hydrogen) atoms. The maximum absolute atomic E-state index is 12.8. The summed E-state index contributed by atoms with van der Waals surface area (Å²) in [6, 6.07) is -0.0583. The summed E-state index contributed by atoms with van der Waals surface area (Å²) in [5.41, 5.74) is 0. The molecule has 0 aromatic carbocycles. The standard InChI is InChI=1S/C17H26N4O3/c1-12(2)15-18-6-9-20(15)13(3)16(22)19-7-4-14(5-8-19)21-10-11-24-17(21)23/h6,9,12-14H,4-5,7-8,10-11H2,1-3H3.